The van der Waals surface area contributed by atoms with Crippen LogP contribution in [0.5, 0.6) is 0 Å². The molecule has 1 unspecified atom stereocenters. The Bertz CT molecular complexity index is 399. The number of halogens is 1. The predicted octanol–water partition coefficient (Wildman–Crippen LogP) is 2.79. The standard InChI is InChI=1S/C12H18IN3/c1-7(2)16-11-6-4-9-8(12(9)13)3-5-10(11)14-15-16/h7-9,12H,3-6H2,1-2H3/t8-,9+,12?/m1/s1. The van der Waals surface area contributed by atoms with E-state index in [0.29, 0.717) is 6.04 Å². The highest BCUT2D eigenvalue weighted by Crippen LogP contribution is 2.52. The van der Waals surface area contributed by atoms with Crippen LogP contribution < -0.4 is 0 Å². The van der Waals surface area contributed by atoms with Crippen molar-refractivity contribution in [3.05, 3.63) is 11.4 Å². The van der Waals surface area contributed by atoms with Gasteiger partial charge in [-0.15, -0.1) is 5.10 Å². The molecule has 0 aromatic carbocycles. The first-order chi connectivity index (χ1) is 7.68. The maximum Gasteiger partial charge on any atom is 0.0859 e. The topological polar surface area (TPSA) is 30.7 Å². The molecule has 4 heteroatoms. The van der Waals surface area contributed by atoms with Crippen molar-refractivity contribution >= 4 is 22.6 Å². The summed E-state index contributed by atoms with van der Waals surface area (Å²) in [5, 5.41) is 8.67. The van der Waals surface area contributed by atoms with E-state index in [1.807, 2.05) is 0 Å². The minimum Gasteiger partial charge on any atom is -0.247 e. The molecule has 1 saturated carbocycles. The quantitative estimate of drug-likeness (QED) is 0.585. The molecule has 0 spiro atoms. The van der Waals surface area contributed by atoms with E-state index in [0.717, 1.165) is 22.2 Å². The molecule has 0 saturated heterocycles. The van der Waals surface area contributed by atoms with Crippen molar-refractivity contribution in [2.75, 3.05) is 0 Å². The van der Waals surface area contributed by atoms with E-state index in [-0.39, 0.29) is 0 Å². The average molecular weight is 331 g/mol. The zero-order chi connectivity index (χ0) is 11.3. The van der Waals surface area contributed by atoms with Crippen LogP contribution in [0.25, 0.3) is 0 Å². The van der Waals surface area contributed by atoms with Crippen LogP contribution in [0, 0.1) is 11.8 Å². The molecule has 0 N–H and O–H groups in total. The Balaban J connectivity index is 1.87. The van der Waals surface area contributed by atoms with Crippen LogP contribution >= 0.6 is 22.6 Å². The second kappa shape index (κ2) is 3.96. The normalized spacial score (nSPS) is 32.9. The summed E-state index contributed by atoms with van der Waals surface area (Å²) >= 11 is 2.63. The zero-order valence-corrected chi connectivity index (χ0v) is 12.0. The maximum absolute atomic E-state index is 4.37. The number of aryl methyl sites for hydroxylation is 1. The first kappa shape index (κ1) is 11.0. The monoisotopic (exact) mass is 331 g/mol. The molecular formula is C12H18IN3. The lowest BCUT2D eigenvalue weighted by Gasteiger charge is -2.12. The van der Waals surface area contributed by atoms with Gasteiger partial charge in [-0.05, 0) is 51.4 Å². The highest BCUT2D eigenvalue weighted by molar-refractivity contribution is 14.1. The van der Waals surface area contributed by atoms with Gasteiger partial charge in [-0.25, -0.2) is 4.68 Å². The molecule has 2 aliphatic rings. The summed E-state index contributed by atoms with van der Waals surface area (Å²) in [4.78, 5) is 0. The van der Waals surface area contributed by atoms with Crippen LogP contribution in [0.15, 0.2) is 0 Å². The van der Waals surface area contributed by atoms with Crippen LogP contribution in [-0.4, -0.2) is 18.9 Å². The van der Waals surface area contributed by atoms with Gasteiger partial charge in [-0.1, -0.05) is 27.8 Å². The Kier molecular flexibility index (Phi) is 2.72. The zero-order valence-electron chi connectivity index (χ0n) is 9.86. The Morgan fingerprint density at radius 1 is 1.25 bits per heavy atom. The largest absolute Gasteiger partial charge is 0.247 e. The van der Waals surface area contributed by atoms with Gasteiger partial charge in [0.2, 0.25) is 0 Å². The van der Waals surface area contributed by atoms with Crippen LogP contribution in [0.1, 0.15) is 44.1 Å². The third kappa shape index (κ3) is 1.69. The summed E-state index contributed by atoms with van der Waals surface area (Å²) in [5.41, 5.74) is 2.67. The summed E-state index contributed by atoms with van der Waals surface area (Å²) in [7, 11) is 0. The SMILES string of the molecule is CC(C)n1nnc2c1CC[C@@H]1C(I)[C@@H]1CC2. The molecule has 0 radical (unpaired) electrons. The van der Waals surface area contributed by atoms with E-state index in [1.165, 1.54) is 30.7 Å². The molecule has 0 bridgehead atoms. The van der Waals surface area contributed by atoms with Gasteiger partial charge in [0.05, 0.1) is 11.4 Å². The predicted molar refractivity (Wildman–Crippen MR) is 71.8 cm³/mol. The molecule has 1 aromatic rings. The number of rotatable bonds is 1. The number of aromatic nitrogens is 3. The molecule has 0 aliphatic heterocycles. The van der Waals surface area contributed by atoms with Gasteiger partial charge in [0.25, 0.3) is 0 Å². The van der Waals surface area contributed by atoms with Crippen molar-refractivity contribution in [2.24, 2.45) is 11.8 Å². The van der Waals surface area contributed by atoms with Gasteiger partial charge >= 0.3 is 0 Å². The van der Waals surface area contributed by atoms with Crippen LogP contribution in [0.4, 0.5) is 0 Å². The highest BCUT2D eigenvalue weighted by atomic mass is 127. The lowest BCUT2D eigenvalue weighted by Crippen LogP contribution is -2.10. The van der Waals surface area contributed by atoms with Crippen molar-refractivity contribution in [1.82, 2.24) is 15.0 Å². The molecule has 3 nitrogen and oxygen atoms in total. The van der Waals surface area contributed by atoms with Crippen molar-refractivity contribution in [1.29, 1.82) is 0 Å². The van der Waals surface area contributed by atoms with E-state index in [2.05, 4.69) is 51.4 Å². The molecule has 3 atom stereocenters. The van der Waals surface area contributed by atoms with Crippen molar-refractivity contribution in [3.63, 3.8) is 0 Å². The van der Waals surface area contributed by atoms with E-state index >= 15 is 0 Å². The summed E-state index contributed by atoms with van der Waals surface area (Å²) < 4.78 is 3.06. The minimum atomic E-state index is 0.445. The fraction of sp³-hybridized carbons (Fsp3) is 0.833. The summed E-state index contributed by atoms with van der Waals surface area (Å²) in [6, 6.07) is 0.445. The Morgan fingerprint density at radius 3 is 2.62 bits per heavy atom. The molecule has 3 rings (SSSR count). The fourth-order valence-electron chi connectivity index (χ4n) is 2.97. The maximum atomic E-state index is 4.37. The van der Waals surface area contributed by atoms with Crippen LogP contribution in [0.2, 0.25) is 0 Å². The third-order valence-corrected chi connectivity index (χ3v) is 5.86. The number of alkyl halides is 1. The Labute approximate surface area is 110 Å². The van der Waals surface area contributed by atoms with Gasteiger partial charge in [-0.2, -0.15) is 0 Å². The molecule has 1 heterocycles. The van der Waals surface area contributed by atoms with Crippen LogP contribution in [0.3, 0.4) is 0 Å². The first-order valence-corrected chi connectivity index (χ1v) is 7.50. The molecule has 1 aromatic heterocycles. The highest BCUT2D eigenvalue weighted by Gasteiger charge is 2.48. The fourth-order valence-corrected chi connectivity index (χ4v) is 4.51. The van der Waals surface area contributed by atoms with Gasteiger partial charge in [0.15, 0.2) is 0 Å². The molecular weight excluding hydrogens is 313 g/mol. The van der Waals surface area contributed by atoms with Crippen LogP contribution in [-0.2, 0) is 12.8 Å². The lowest BCUT2D eigenvalue weighted by molar-refractivity contribution is 0.482. The Morgan fingerprint density at radius 2 is 1.94 bits per heavy atom. The van der Waals surface area contributed by atoms with E-state index in [9.17, 15) is 0 Å². The number of hydrogen-bond acceptors (Lipinski definition) is 2. The summed E-state index contributed by atoms with van der Waals surface area (Å²) in [6.45, 7) is 4.38. The first-order valence-electron chi connectivity index (χ1n) is 6.25. The van der Waals surface area contributed by atoms with E-state index in [4.69, 9.17) is 0 Å². The van der Waals surface area contributed by atoms with Gasteiger partial charge < -0.3 is 0 Å². The second-order valence-electron chi connectivity index (χ2n) is 5.37. The number of hydrogen-bond donors (Lipinski definition) is 0. The van der Waals surface area contributed by atoms with Gasteiger partial charge in [0.1, 0.15) is 0 Å². The summed E-state index contributed by atoms with van der Waals surface area (Å²) in [5.74, 6) is 1.95. The molecule has 16 heavy (non-hydrogen) atoms. The van der Waals surface area contributed by atoms with Gasteiger partial charge in [-0.3, -0.25) is 0 Å². The van der Waals surface area contributed by atoms with Crippen molar-refractivity contribution < 1.29 is 0 Å². The smallest absolute Gasteiger partial charge is 0.0859 e. The molecule has 88 valence electrons. The minimum absolute atomic E-state index is 0.445. The third-order valence-electron chi connectivity index (χ3n) is 4.02. The van der Waals surface area contributed by atoms with E-state index in [1.54, 1.807) is 0 Å². The van der Waals surface area contributed by atoms with E-state index < -0.39 is 0 Å². The Hall–Kier alpha value is -0.130. The van der Waals surface area contributed by atoms with Crippen molar-refractivity contribution in [3.8, 4) is 0 Å². The molecule has 1 fully saturated rings. The lowest BCUT2D eigenvalue weighted by atomic mass is 10.0. The number of fused-ring (bicyclic) bond motifs is 2. The average Bonchev–Trinajstić information content (AvgIpc) is 2.67. The second-order valence-corrected chi connectivity index (χ2v) is 6.81. The summed E-state index contributed by atoms with van der Waals surface area (Å²) in [6.07, 6.45) is 4.98. The molecule has 2 aliphatic carbocycles. The molecule has 0 amide bonds. The number of nitrogens with zero attached hydrogens (tertiary/aromatic N) is 3. The van der Waals surface area contributed by atoms with Crippen molar-refractivity contribution in [2.45, 2.75) is 49.5 Å². The van der Waals surface area contributed by atoms with Gasteiger partial charge in [0, 0.05) is 9.97 Å².